The zero-order chi connectivity index (χ0) is 25.6. The van der Waals surface area contributed by atoms with Gasteiger partial charge in [0.1, 0.15) is 18.4 Å². The monoisotopic (exact) mass is 500 g/mol. The molecule has 2 aliphatic rings. The molecule has 1 heterocycles. The Hall–Kier alpha value is -4.00. The number of benzene rings is 3. The highest BCUT2D eigenvalue weighted by molar-refractivity contribution is 5.91. The lowest BCUT2D eigenvalue weighted by Gasteiger charge is -2.36. The molecule has 0 unspecified atom stereocenters. The number of hydrogen-bond acceptors (Lipinski definition) is 5. The molecule has 192 valence electrons. The number of hydrogen-bond donors (Lipinski definition) is 1. The lowest BCUT2D eigenvalue weighted by Crippen LogP contribution is -2.51. The van der Waals surface area contributed by atoms with Crippen molar-refractivity contribution in [2.75, 3.05) is 13.7 Å². The number of para-hydroxylation sites is 2. The van der Waals surface area contributed by atoms with Crippen molar-refractivity contribution in [1.29, 1.82) is 0 Å². The third-order valence-electron chi connectivity index (χ3n) is 6.96. The number of nitrogens with zero attached hydrogens (tertiary/aromatic N) is 1. The lowest BCUT2D eigenvalue weighted by atomic mass is 10.0. The SMILES string of the molecule is COc1ccc([C@@H](C(=O)NC2CCCC2)N(Cc2ccccc2)C(=O)[C@H]2COc3ccccc3O2)cc1. The van der Waals surface area contributed by atoms with Crippen molar-refractivity contribution in [3.8, 4) is 17.2 Å². The Morgan fingerprint density at radius 3 is 2.32 bits per heavy atom. The number of carbonyl (C=O) groups excluding carboxylic acids is 2. The molecule has 7 nitrogen and oxygen atoms in total. The molecule has 7 heteroatoms. The average Bonchev–Trinajstić information content (AvgIpc) is 3.46. The number of amides is 2. The predicted molar refractivity (Wildman–Crippen MR) is 139 cm³/mol. The van der Waals surface area contributed by atoms with E-state index in [-0.39, 0.29) is 31.0 Å². The maximum atomic E-state index is 14.1. The number of fused-ring (bicyclic) bond motifs is 1. The van der Waals surface area contributed by atoms with E-state index in [0.29, 0.717) is 22.8 Å². The summed E-state index contributed by atoms with van der Waals surface area (Å²) in [4.78, 5) is 29.6. The summed E-state index contributed by atoms with van der Waals surface area (Å²) >= 11 is 0. The Morgan fingerprint density at radius 2 is 1.62 bits per heavy atom. The van der Waals surface area contributed by atoms with Crippen molar-refractivity contribution in [3.05, 3.63) is 90.0 Å². The maximum Gasteiger partial charge on any atom is 0.268 e. The second-order valence-electron chi connectivity index (χ2n) is 9.48. The van der Waals surface area contributed by atoms with Crippen LogP contribution in [0, 0.1) is 0 Å². The average molecular weight is 501 g/mol. The molecular formula is C30H32N2O5. The Balaban J connectivity index is 1.50. The number of ether oxygens (including phenoxy) is 3. The van der Waals surface area contributed by atoms with Crippen molar-refractivity contribution in [2.24, 2.45) is 0 Å². The summed E-state index contributed by atoms with van der Waals surface area (Å²) in [5.74, 6) is 1.30. The zero-order valence-electron chi connectivity index (χ0n) is 21.0. The van der Waals surface area contributed by atoms with E-state index in [1.165, 1.54) is 0 Å². The molecule has 1 aliphatic carbocycles. The fraction of sp³-hybridized carbons (Fsp3) is 0.333. The van der Waals surface area contributed by atoms with Gasteiger partial charge in [0.25, 0.3) is 5.91 Å². The standard InChI is InChI=1S/C30H32N2O5/c1-35-24-17-15-22(16-18-24)28(29(33)31-23-11-5-6-12-23)32(19-21-9-3-2-4-10-21)30(34)27-20-36-25-13-7-8-14-26(25)37-27/h2-4,7-10,13-18,23,27-28H,5-6,11-12,19-20H2,1H3,(H,31,33)/t27-,28+/m1/s1. The number of rotatable bonds is 8. The third kappa shape index (κ3) is 5.71. The maximum absolute atomic E-state index is 14.1. The first kappa shape index (κ1) is 24.7. The van der Waals surface area contributed by atoms with E-state index in [0.717, 1.165) is 31.2 Å². The fourth-order valence-corrected chi connectivity index (χ4v) is 5.01. The van der Waals surface area contributed by atoms with E-state index in [9.17, 15) is 9.59 Å². The van der Waals surface area contributed by atoms with Crippen LogP contribution < -0.4 is 19.5 Å². The molecule has 0 radical (unpaired) electrons. The van der Waals surface area contributed by atoms with Gasteiger partial charge in [0.15, 0.2) is 11.5 Å². The van der Waals surface area contributed by atoms with Crippen molar-refractivity contribution in [2.45, 2.75) is 50.4 Å². The van der Waals surface area contributed by atoms with E-state index in [2.05, 4.69) is 5.32 Å². The van der Waals surface area contributed by atoms with E-state index in [4.69, 9.17) is 14.2 Å². The van der Waals surface area contributed by atoms with E-state index < -0.39 is 12.1 Å². The summed E-state index contributed by atoms with van der Waals surface area (Å²) in [6.45, 7) is 0.316. The van der Waals surface area contributed by atoms with Crippen LogP contribution in [0.2, 0.25) is 0 Å². The van der Waals surface area contributed by atoms with Crippen molar-refractivity contribution in [3.63, 3.8) is 0 Å². The fourth-order valence-electron chi connectivity index (χ4n) is 5.01. The minimum atomic E-state index is -0.876. The smallest absolute Gasteiger partial charge is 0.268 e. The van der Waals surface area contributed by atoms with Crippen LogP contribution in [-0.4, -0.2) is 42.6 Å². The van der Waals surface area contributed by atoms with Crippen LogP contribution in [0.1, 0.15) is 42.9 Å². The van der Waals surface area contributed by atoms with Gasteiger partial charge in [-0.05, 0) is 48.2 Å². The Labute approximate surface area is 217 Å². The number of nitrogens with one attached hydrogen (secondary N) is 1. The van der Waals surface area contributed by atoms with Crippen LogP contribution >= 0.6 is 0 Å². The van der Waals surface area contributed by atoms with Gasteiger partial charge >= 0.3 is 0 Å². The summed E-state index contributed by atoms with van der Waals surface area (Å²) in [5.41, 5.74) is 1.62. The van der Waals surface area contributed by atoms with E-state index >= 15 is 0 Å². The summed E-state index contributed by atoms with van der Waals surface area (Å²) in [7, 11) is 1.60. The van der Waals surface area contributed by atoms with Crippen molar-refractivity contribution < 1.29 is 23.8 Å². The van der Waals surface area contributed by atoms with Crippen LogP contribution in [0.25, 0.3) is 0 Å². The molecule has 2 amide bonds. The minimum Gasteiger partial charge on any atom is -0.497 e. The molecule has 0 bridgehead atoms. The normalized spacial score (nSPS) is 17.6. The molecule has 1 N–H and O–H groups in total. The number of carbonyl (C=O) groups is 2. The van der Waals surface area contributed by atoms with Crippen LogP contribution in [0.5, 0.6) is 17.2 Å². The zero-order valence-corrected chi connectivity index (χ0v) is 21.0. The molecule has 1 saturated carbocycles. The highest BCUT2D eigenvalue weighted by Gasteiger charge is 2.39. The first-order valence-electron chi connectivity index (χ1n) is 12.8. The van der Waals surface area contributed by atoms with Crippen LogP contribution in [0.3, 0.4) is 0 Å². The highest BCUT2D eigenvalue weighted by Crippen LogP contribution is 2.33. The molecule has 3 aromatic rings. The first-order valence-corrected chi connectivity index (χ1v) is 12.8. The van der Waals surface area contributed by atoms with Crippen LogP contribution in [0.15, 0.2) is 78.9 Å². The molecule has 37 heavy (non-hydrogen) atoms. The van der Waals surface area contributed by atoms with E-state index in [1.807, 2.05) is 72.8 Å². The quantitative estimate of drug-likeness (QED) is 0.487. The molecule has 1 aliphatic heterocycles. The van der Waals surface area contributed by atoms with Gasteiger partial charge in [-0.25, -0.2) is 0 Å². The van der Waals surface area contributed by atoms with Gasteiger partial charge in [0.05, 0.1) is 7.11 Å². The Bertz CT molecular complexity index is 1210. The minimum absolute atomic E-state index is 0.0702. The molecule has 2 atom stereocenters. The molecule has 1 fully saturated rings. The van der Waals surface area contributed by atoms with Crippen LogP contribution in [-0.2, 0) is 16.1 Å². The first-order chi connectivity index (χ1) is 18.1. The molecule has 5 rings (SSSR count). The molecule has 3 aromatic carbocycles. The second kappa shape index (κ2) is 11.4. The highest BCUT2D eigenvalue weighted by atomic mass is 16.6. The Morgan fingerprint density at radius 1 is 0.946 bits per heavy atom. The van der Waals surface area contributed by atoms with Gasteiger partial charge in [-0.15, -0.1) is 0 Å². The van der Waals surface area contributed by atoms with Crippen LogP contribution in [0.4, 0.5) is 0 Å². The topological polar surface area (TPSA) is 77.1 Å². The van der Waals surface area contributed by atoms with Gasteiger partial charge in [-0.2, -0.15) is 0 Å². The van der Waals surface area contributed by atoms with Gasteiger partial charge in [-0.1, -0.05) is 67.4 Å². The largest absolute Gasteiger partial charge is 0.497 e. The summed E-state index contributed by atoms with van der Waals surface area (Å²) in [5, 5.41) is 3.21. The summed E-state index contributed by atoms with van der Waals surface area (Å²) in [6, 6.07) is 23.6. The van der Waals surface area contributed by atoms with Gasteiger partial charge in [-0.3, -0.25) is 9.59 Å². The summed E-state index contributed by atoms with van der Waals surface area (Å²) in [6.07, 6.45) is 3.21. The third-order valence-corrected chi connectivity index (χ3v) is 6.96. The van der Waals surface area contributed by atoms with E-state index in [1.54, 1.807) is 18.1 Å². The molecule has 0 saturated heterocycles. The molecule has 0 aromatic heterocycles. The predicted octanol–water partition coefficient (Wildman–Crippen LogP) is 4.66. The van der Waals surface area contributed by atoms with Crippen molar-refractivity contribution >= 4 is 11.8 Å². The van der Waals surface area contributed by atoms with Gasteiger partial charge in [0.2, 0.25) is 12.0 Å². The molecular weight excluding hydrogens is 468 g/mol. The number of methoxy groups -OCH3 is 1. The second-order valence-corrected chi connectivity index (χ2v) is 9.48. The van der Waals surface area contributed by atoms with Gasteiger partial charge in [0, 0.05) is 12.6 Å². The lowest BCUT2D eigenvalue weighted by molar-refractivity contribution is -0.149. The Kier molecular flexibility index (Phi) is 7.59. The summed E-state index contributed by atoms with van der Waals surface area (Å²) < 4.78 is 17.3. The van der Waals surface area contributed by atoms with Gasteiger partial charge < -0.3 is 24.4 Å². The van der Waals surface area contributed by atoms with Crippen molar-refractivity contribution in [1.82, 2.24) is 10.2 Å². The molecule has 0 spiro atoms.